The third-order valence-electron chi connectivity index (χ3n) is 2.77. The molecule has 0 aromatic heterocycles. The molecule has 0 aliphatic heterocycles. The maximum atomic E-state index is 12.5. The van der Waals surface area contributed by atoms with Crippen LogP contribution in [-0.2, 0) is 18.4 Å². The Morgan fingerprint density at radius 3 is 2.47 bits per heavy atom. The molecule has 0 radical (unpaired) electrons. The summed E-state index contributed by atoms with van der Waals surface area (Å²) in [5.41, 5.74) is 0.414. The van der Waals surface area contributed by atoms with Crippen molar-refractivity contribution < 1.29 is 18.4 Å². The Morgan fingerprint density at radius 1 is 1.35 bits per heavy atom. The molecule has 17 heavy (non-hydrogen) atoms. The van der Waals surface area contributed by atoms with Gasteiger partial charge in [-0.15, -0.1) is 0 Å². The average Bonchev–Trinajstić information content (AvgIpc) is 2.40. The van der Waals surface area contributed by atoms with E-state index in [1.54, 1.807) is 19.9 Å². The lowest BCUT2D eigenvalue weighted by molar-refractivity contribution is -0.114. The van der Waals surface area contributed by atoms with Crippen LogP contribution in [0.4, 0.5) is 0 Å². The van der Waals surface area contributed by atoms with Crippen molar-refractivity contribution in [2.45, 2.75) is 45.7 Å². The normalized spacial score (nSPS) is 22.2. The number of rotatable bonds is 5. The predicted octanol–water partition coefficient (Wildman–Crippen LogP) is 3.32. The molecule has 5 heteroatoms. The molecule has 1 unspecified atom stereocenters. The van der Waals surface area contributed by atoms with Gasteiger partial charge in [-0.2, -0.15) is 0 Å². The first-order chi connectivity index (χ1) is 8.03. The second-order valence-corrected chi connectivity index (χ2v) is 6.40. The van der Waals surface area contributed by atoms with Crippen LogP contribution in [0.3, 0.4) is 0 Å². The standard InChI is InChI=1S/C12H21O4P/c1-4-15-17(14,16-5-2)12-8-6-7-10(3)9-11(12)13/h9,12H,4-8H2,1-3H3. The molecule has 0 aromatic rings. The second-order valence-electron chi connectivity index (χ2n) is 4.18. The van der Waals surface area contributed by atoms with Gasteiger partial charge in [0.05, 0.1) is 13.2 Å². The van der Waals surface area contributed by atoms with Gasteiger partial charge in [0.15, 0.2) is 5.78 Å². The fourth-order valence-corrected chi connectivity index (χ4v) is 4.06. The summed E-state index contributed by atoms with van der Waals surface area (Å²) in [6.45, 7) is 6.03. The average molecular weight is 260 g/mol. The smallest absolute Gasteiger partial charge is 0.308 e. The molecule has 0 heterocycles. The van der Waals surface area contributed by atoms with Gasteiger partial charge < -0.3 is 9.05 Å². The molecule has 0 fully saturated rings. The van der Waals surface area contributed by atoms with Crippen molar-refractivity contribution in [1.29, 1.82) is 0 Å². The first-order valence-electron chi connectivity index (χ1n) is 6.13. The highest BCUT2D eigenvalue weighted by Gasteiger charge is 2.40. The van der Waals surface area contributed by atoms with Crippen LogP contribution in [0.5, 0.6) is 0 Å². The Labute approximate surface area is 103 Å². The topological polar surface area (TPSA) is 52.6 Å². The number of carbonyl (C=O) groups is 1. The molecule has 1 aliphatic rings. The molecule has 1 atom stereocenters. The molecular formula is C12H21O4P. The maximum Gasteiger partial charge on any atom is 0.341 e. The quantitative estimate of drug-likeness (QED) is 0.711. The van der Waals surface area contributed by atoms with Gasteiger partial charge in [-0.05, 0) is 46.1 Å². The number of ketones is 1. The van der Waals surface area contributed by atoms with Crippen molar-refractivity contribution in [3.8, 4) is 0 Å². The number of hydrogen-bond acceptors (Lipinski definition) is 4. The van der Waals surface area contributed by atoms with E-state index in [-0.39, 0.29) is 5.78 Å². The van der Waals surface area contributed by atoms with E-state index in [9.17, 15) is 9.36 Å². The van der Waals surface area contributed by atoms with E-state index in [2.05, 4.69) is 0 Å². The predicted molar refractivity (Wildman–Crippen MR) is 67.3 cm³/mol. The zero-order chi connectivity index (χ0) is 12.9. The summed E-state index contributed by atoms with van der Waals surface area (Å²) in [6.07, 6.45) is 3.88. The fourth-order valence-electron chi connectivity index (χ4n) is 2.02. The Hall–Kier alpha value is -0.440. The molecule has 0 aromatic carbocycles. The van der Waals surface area contributed by atoms with E-state index < -0.39 is 13.3 Å². The van der Waals surface area contributed by atoms with E-state index in [0.717, 1.165) is 18.4 Å². The number of hydrogen-bond donors (Lipinski definition) is 0. The van der Waals surface area contributed by atoms with Gasteiger partial charge >= 0.3 is 7.60 Å². The molecule has 0 N–H and O–H groups in total. The van der Waals surface area contributed by atoms with E-state index in [1.807, 2.05) is 6.92 Å². The van der Waals surface area contributed by atoms with Crippen molar-refractivity contribution in [2.24, 2.45) is 0 Å². The van der Waals surface area contributed by atoms with Gasteiger partial charge in [-0.25, -0.2) is 0 Å². The second kappa shape index (κ2) is 6.48. The van der Waals surface area contributed by atoms with Crippen molar-refractivity contribution in [2.75, 3.05) is 13.2 Å². The van der Waals surface area contributed by atoms with Gasteiger partial charge in [-0.3, -0.25) is 9.36 Å². The van der Waals surface area contributed by atoms with Crippen molar-refractivity contribution in [3.63, 3.8) is 0 Å². The zero-order valence-corrected chi connectivity index (χ0v) is 11.7. The summed E-state index contributed by atoms with van der Waals surface area (Å²) in [6, 6.07) is 0. The van der Waals surface area contributed by atoms with Gasteiger partial charge in [0, 0.05) is 0 Å². The van der Waals surface area contributed by atoms with Crippen LogP contribution in [0, 0.1) is 0 Å². The van der Waals surface area contributed by atoms with Crippen LogP contribution in [-0.4, -0.2) is 24.7 Å². The van der Waals surface area contributed by atoms with Crippen LogP contribution in [0.2, 0.25) is 0 Å². The Bertz CT molecular complexity index is 338. The minimum absolute atomic E-state index is 0.120. The van der Waals surface area contributed by atoms with E-state index in [0.29, 0.717) is 19.6 Å². The van der Waals surface area contributed by atoms with E-state index in [1.165, 1.54) is 0 Å². The van der Waals surface area contributed by atoms with Gasteiger partial charge in [0.25, 0.3) is 0 Å². The van der Waals surface area contributed by atoms with Gasteiger partial charge in [-0.1, -0.05) is 5.57 Å². The first-order valence-corrected chi connectivity index (χ1v) is 7.74. The molecule has 1 rings (SSSR count). The third-order valence-corrected chi connectivity index (χ3v) is 5.28. The van der Waals surface area contributed by atoms with Crippen LogP contribution in [0.15, 0.2) is 11.6 Å². The van der Waals surface area contributed by atoms with Gasteiger partial charge in [0.1, 0.15) is 5.66 Å². The van der Waals surface area contributed by atoms with E-state index in [4.69, 9.17) is 9.05 Å². The first kappa shape index (κ1) is 14.6. The largest absolute Gasteiger partial charge is 0.341 e. The summed E-state index contributed by atoms with van der Waals surface area (Å²) in [5.74, 6) is -0.120. The molecule has 0 saturated heterocycles. The Balaban J connectivity index is 2.93. The van der Waals surface area contributed by atoms with Crippen molar-refractivity contribution in [1.82, 2.24) is 0 Å². The minimum atomic E-state index is -3.30. The van der Waals surface area contributed by atoms with Crippen LogP contribution >= 0.6 is 7.60 Å². The van der Waals surface area contributed by atoms with Crippen LogP contribution in [0.1, 0.15) is 40.0 Å². The number of carbonyl (C=O) groups excluding carboxylic acids is 1. The monoisotopic (exact) mass is 260 g/mol. The zero-order valence-electron chi connectivity index (χ0n) is 10.8. The Morgan fingerprint density at radius 2 is 1.94 bits per heavy atom. The summed E-state index contributed by atoms with van der Waals surface area (Å²) < 4.78 is 23.1. The molecule has 1 aliphatic carbocycles. The summed E-state index contributed by atoms with van der Waals surface area (Å²) in [7, 11) is -3.30. The lowest BCUT2D eigenvalue weighted by Gasteiger charge is -2.23. The summed E-state index contributed by atoms with van der Waals surface area (Å²) in [5, 5.41) is 0. The highest BCUT2D eigenvalue weighted by atomic mass is 31.2. The van der Waals surface area contributed by atoms with Gasteiger partial charge in [0.2, 0.25) is 0 Å². The van der Waals surface area contributed by atoms with Crippen LogP contribution < -0.4 is 0 Å². The van der Waals surface area contributed by atoms with E-state index >= 15 is 0 Å². The SMILES string of the molecule is CCOP(=O)(OCC)C1CCCC(C)=CC1=O. The minimum Gasteiger partial charge on any atom is -0.308 e. The van der Waals surface area contributed by atoms with Crippen molar-refractivity contribution in [3.05, 3.63) is 11.6 Å². The lowest BCUT2D eigenvalue weighted by atomic mass is 10.2. The molecule has 0 spiro atoms. The highest BCUT2D eigenvalue weighted by molar-refractivity contribution is 7.55. The van der Waals surface area contributed by atoms with Crippen LogP contribution in [0.25, 0.3) is 0 Å². The summed E-state index contributed by atoms with van der Waals surface area (Å²) >= 11 is 0. The number of allylic oxidation sites excluding steroid dienone is 2. The maximum absolute atomic E-state index is 12.5. The summed E-state index contributed by atoms with van der Waals surface area (Å²) in [4.78, 5) is 12.0. The Kier molecular flexibility index (Phi) is 5.57. The molecule has 0 bridgehead atoms. The molecule has 4 nitrogen and oxygen atoms in total. The fraction of sp³-hybridized carbons (Fsp3) is 0.750. The lowest BCUT2D eigenvalue weighted by Crippen LogP contribution is -2.21. The highest BCUT2D eigenvalue weighted by Crippen LogP contribution is 2.55. The van der Waals surface area contributed by atoms with Crippen molar-refractivity contribution >= 4 is 13.4 Å². The molecule has 98 valence electrons. The molecule has 0 amide bonds. The molecular weight excluding hydrogens is 239 g/mol. The molecule has 0 saturated carbocycles. The third kappa shape index (κ3) is 3.77.